The molecule has 1 aromatic rings. The smallest absolute Gasteiger partial charge is 0.425 e. The summed E-state index contributed by atoms with van der Waals surface area (Å²) in [6.07, 6.45) is -6.24. The average molecular weight is 219 g/mol. The number of hydrogen-bond donors (Lipinski definition) is 1. The van der Waals surface area contributed by atoms with Crippen LogP contribution < -0.4 is 10.5 Å². The summed E-state index contributed by atoms with van der Waals surface area (Å²) in [5.74, 6) is 0.0994. The number of benzene rings is 1. The van der Waals surface area contributed by atoms with E-state index < -0.39 is 12.3 Å². The third-order valence-corrected chi connectivity index (χ3v) is 2.00. The lowest BCUT2D eigenvalue weighted by Gasteiger charge is -2.19. The van der Waals surface area contributed by atoms with Crippen molar-refractivity contribution in [3.63, 3.8) is 0 Å². The molecule has 1 unspecified atom stereocenters. The molecule has 5 heteroatoms. The van der Waals surface area contributed by atoms with Gasteiger partial charge in [0.25, 0.3) is 0 Å². The molecule has 0 amide bonds. The van der Waals surface area contributed by atoms with Crippen molar-refractivity contribution in [1.29, 1.82) is 0 Å². The Kier molecular flexibility index (Phi) is 3.12. The number of alkyl halides is 3. The van der Waals surface area contributed by atoms with Gasteiger partial charge in [0, 0.05) is 0 Å². The molecule has 1 atom stereocenters. The maximum Gasteiger partial charge on any atom is 0.425 e. The summed E-state index contributed by atoms with van der Waals surface area (Å²) in [5.41, 5.74) is 6.32. The van der Waals surface area contributed by atoms with Crippen LogP contribution in [0.1, 0.15) is 12.5 Å². The van der Waals surface area contributed by atoms with E-state index in [9.17, 15) is 13.2 Å². The van der Waals surface area contributed by atoms with Crippen LogP contribution in [0.3, 0.4) is 0 Å². The van der Waals surface area contributed by atoms with Gasteiger partial charge >= 0.3 is 6.18 Å². The quantitative estimate of drug-likeness (QED) is 0.776. The molecule has 0 saturated carbocycles. The number of para-hydroxylation sites is 1. The van der Waals surface area contributed by atoms with E-state index in [0.717, 1.165) is 6.92 Å². The van der Waals surface area contributed by atoms with Crippen molar-refractivity contribution >= 4 is 5.69 Å². The summed E-state index contributed by atoms with van der Waals surface area (Å²) in [7, 11) is 0. The number of rotatable bonds is 2. The summed E-state index contributed by atoms with van der Waals surface area (Å²) in [4.78, 5) is 0. The molecule has 0 aliphatic rings. The Balaban J connectivity index is 2.90. The highest BCUT2D eigenvalue weighted by atomic mass is 19.4. The average Bonchev–Trinajstić information content (AvgIpc) is 2.09. The fourth-order valence-electron chi connectivity index (χ4n) is 1.08. The number of anilines is 1. The Morgan fingerprint density at radius 3 is 2.40 bits per heavy atom. The van der Waals surface area contributed by atoms with Crippen molar-refractivity contribution in [2.75, 3.05) is 5.73 Å². The zero-order valence-corrected chi connectivity index (χ0v) is 8.43. The fourth-order valence-corrected chi connectivity index (χ4v) is 1.08. The molecule has 0 radical (unpaired) electrons. The highest BCUT2D eigenvalue weighted by molar-refractivity contribution is 5.56. The predicted octanol–water partition coefficient (Wildman–Crippen LogP) is 2.91. The van der Waals surface area contributed by atoms with Gasteiger partial charge in [-0.3, -0.25) is 0 Å². The maximum atomic E-state index is 12.2. The first-order valence-corrected chi connectivity index (χ1v) is 4.41. The van der Waals surface area contributed by atoms with E-state index in [1.807, 2.05) is 0 Å². The van der Waals surface area contributed by atoms with E-state index in [-0.39, 0.29) is 11.4 Å². The molecule has 0 heterocycles. The molecule has 1 aromatic carbocycles. The van der Waals surface area contributed by atoms with Gasteiger partial charge in [0.05, 0.1) is 5.69 Å². The second kappa shape index (κ2) is 4.00. The topological polar surface area (TPSA) is 35.2 Å². The second-order valence-corrected chi connectivity index (χ2v) is 3.29. The van der Waals surface area contributed by atoms with Gasteiger partial charge in [-0.05, 0) is 25.5 Å². The molecule has 0 bridgehead atoms. The molecule has 15 heavy (non-hydrogen) atoms. The standard InChI is InChI=1S/C10H12F3NO/c1-6-4-3-5-8(14)9(6)15-7(2)10(11,12)13/h3-5,7H,14H2,1-2H3. The number of nitrogen functional groups attached to an aromatic ring is 1. The van der Waals surface area contributed by atoms with Gasteiger partial charge < -0.3 is 10.5 Å². The van der Waals surface area contributed by atoms with Crippen molar-refractivity contribution in [3.05, 3.63) is 23.8 Å². The number of hydrogen-bond acceptors (Lipinski definition) is 2. The molecule has 0 aromatic heterocycles. The zero-order valence-electron chi connectivity index (χ0n) is 8.43. The first kappa shape index (κ1) is 11.7. The Morgan fingerprint density at radius 1 is 1.33 bits per heavy atom. The Morgan fingerprint density at radius 2 is 1.93 bits per heavy atom. The number of ether oxygens (including phenoxy) is 1. The van der Waals surface area contributed by atoms with Crippen molar-refractivity contribution in [1.82, 2.24) is 0 Å². The molecule has 2 N–H and O–H groups in total. The van der Waals surface area contributed by atoms with Gasteiger partial charge in [-0.2, -0.15) is 13.2 Å². The van der Waals surface area contributed by atoms with Crippen molar-refractivity contribution in [2.24, 2.45) is 0 Å². The molecular weight excluding hydrogens is 207 g/mol. The fraction of sp³-hybridized carbons (Fsp3) is 0.400. The lowest BCUT2D eigenvalue weighted by molar-refractivity contribution is -0.189. The molecule has 1 rings (SSSR count). The lowest BCUT2D eigenvalue weighted by Crippen LogP contribution is -2.31. The van der Waals surface area contributed by atoms with Crippen LogP contribution in [-0.4, -0.2) is 12.3 Å². The van der Waals surface area contributed by atoms with Gasteiger partial charge in [-0.25, -0.2) is 0 Å². The van der Waals surface area contributed by atoms with Gasteiger partial charge in [0.15, 0.2) is 6.10 Å². The van der Waals surface area contributed by atoms with Crippen LogP contribution in [0.2, 0.25) is 0 Å². The largest absolute Gasteiger partial charge is 0.479 e. The molecule has 0 spiro atoms. The van der Waals surface area contributed by atoms with Gasteiger partial charge in [0.1, 0.15) is 5.75 Å². The highest BCUT2D eigenvalue weighted by Crippen LogP contribution is 2.30. The Labute approximate surface area is 85.8 Å². The van der Waals surface area contributed by atoms with Gasteiger partial charge in [-0.1, -0.05) is 12.1 Å². The van der Waals surface area contributed by atoms with Crippen LogP contribution >= 0.6 is 0 Å². The summed E-state index contributed by atoms with van der Waals surface area (Å²) in [6, 6.07) is 4.82. The number of halogens is 3. The Hall–Kier alpha value is -1.39. The van der Waals surface area contributed by atoms with E-state index in [4.69, 9.17) is 10.5 Å². The second-order valence-electron chi connectivity index (χ2n) is 3.29. The van der Waals surface area contributed by atoms with Crippen molar-refractivity contribution < 1.29 is 17.9 Å². The molecule has 0 aliphatic heterocycles. The van der Waals surface area contributed by atoms with E-state index in [0.29, 0.717) is 5.56 Å². The summed E-state index contributed by atoms with van der Waals surface area (Å²) in [6.45, 7) is 2.60. The summed E-state index contributed by atoms with van der Waals surface area (Å²) >= 11 is 0. The molecule has 84 valence electrons. The van der Waals surface area contributed by atoms with Crippen LogP contribution in [0.5, 0.6) is 5.75 Å². The normalized spacial score (nSPS) is 13.7. The van der Waals surface area contributed by atoms with Gasteiger partial charge in [-0.15, -0.1) is 0 Å². The van der Waals surface area contributed by atoms with Crippen LogP contribution in [0, 0.1) is 6.92 Å². The van der Waals surface area contributed by atoms with Crippen molar-refractivity contribution in [3.8, 4) is 5.75 Å². The van der Waals surface area contributed by atoms with Crippen LogP contribution in [-0.2, 0) is 0 Å². The monoisotopic (exact) mass is 219 g/mol. The minimum absolute atomic E-state index is 0.0994. The Bertz CT molecular complexity index is 329. The zero-order chi connectivity index (χ0) is 11.6. The molecule has 0 aliphatic carbocycles. The molecular formula is C10H12F3NO. The van der Waals surface area contributed by atoms with Crippen LogP contribution in [0.4, 0.5) is 18.9 Å². The van der Waals surface area contributed by atoms with E-state index >= 15 is 0 Å². The third-order valence-electron chi connectivity index (χ3n) is 2.00. The molecule has 0 saturated heterocycles. The minimum Gasteiger partial charge on any atom is -0.479 e. The summed E-state index contributed by atoms with van der Waals surface area (Å²) < 4.78 is 41.5. The first-order chi connectivity index (χ1) is 6.82. The molecule has 2 nitrogen and oxygen atoms in total. The SMILES string of the molecule is Cc1cccc(N)c1OC(C)C(F)(F)F. The summed E-state index contributed by atoms with van der Waals surface area (Å²) in [5, 5.41) is 0. The maximum absolute atomic E-state index is 12.2. The van der Waals surface area contributed by atoms with Crippen LogP contribution in [0.25, 0.3) is 0 Å². The van der Waals surface area contributed by atoms with Crippen molar-refractivity contribution in [2.45, 2.75) is 26.1 Å². The van der Waals surface area contributed by atoms with E-state index in [2.05, 4.69) is 0 Å². The van der Waals surface area contributed by atoms with Crippen LogP contribution in [0.15, 0.2) is 18.2 Å². The molecule has 0 fully saturated rings. The predicted molar refractivity (Wildman–Crippen MR) is 51.7 cm³/mol. The number of nitrogens with two attached hydrogens (primary N) is 1. The number of aryl methyl sites for hydroxylation is 1. The highest BCUT2D eigenvalue weighted by Gasteiger charge is 2.38. The van der Waals surface area contributed by atoms with E-state index in [1.165, 1.54) is 6.07 Å². The lowest BCUT2D eigenvalue weighted by atomic mass is 10.2. The van der Waals surface area contributed by atoms with E-state index in [1.54, 1.807) is 19.1 Å². The third kappa shape index (κ3) is 2.78. The first-order valence-electron chi connectivity index (χ1n) is 4.41. The van der Waals surface area contributed by atoms with Gasteiger partial charge in [0.2, 0.25) is 0 Å². The minimum atomic E-state index is -4.38.